The lowest BCUT2D eigenvalue weighted by Crippen LogP contribution is -2.29. The maximum absolute atomic E-state index is 13.1. The fraction of sp³-hybridized carbons (Fsp3) is 0.571. The standard InChI is InChI=1S/C14H21ClFNO/c1-14(2,4-3-5-18)10-17-9-11-6-12(15)8-13(16)7-11/h6-8,17-18H,3-5,9-10H2,1-2H3. The summed E-state index contributed by atoms with van der Waals surface area (Å²) in [6.07, 6.45) is 1.76. The highest BCUT2D eigenvalue weighted by Crippen LogP contribution is 2.21. The van der Waals surface area contributed by atoms with Crippen molar-refractivity contribution in [2.75, 3.05) is 13.2 Å². The van der Waals surface area contributed by atoms with Crippen LogP contribution in [0.25, 0.3) is 0 Å². The largest absolute Gasteiger partial charge is 0.396 e. The van der Waals surface area contributed by atoms with E-state index in [1.807, 2.05) is 0 Å². The number of rotatable bonds is 7. The number of aliphatic hydroxyl groups is 1. The van der Waals surface area contributed by atoms with Gasteiger partial charge in [0.15, 0.2) is 0 Å². The fourth-order valence-electron chi connectivity index (χ4n) is 1.90. The highest BCUT2D eigenvalue weighted by molar-refractivity contribution is 6.30. The van der Waals surface area contributed by atoms with E-state index >= 15 is 0 Å². The predicted molar refractivity (Wildman–Crippen MR) is 73.2 cm³/mol. The quantitative estimate of drug-likeness (QED) is 0.798. The van der Waals surface area contributed by atoms with Crippen LogP contribution in [-0.2, 0) is 6.54 Å². The molecule has 0 spiro atoms. The summed E-state index contributed by atoms with van der Waals surface area (Å²) in [4.78, 5) is 0. The summed E-state index contributed by atoms with van der Waals surface area (Å²) in [7, 11) is 0. The summed E-state index contributed by atoms with van der Waals surface area (Å²) in [5.74, 6) is -0.307. The van der Waals surface area contributed by atoms with Crippen LogP contribution >= 0.6 is 11.6 Å². The summed E-state index contributed by atoms with van der Waals surface area (Å²) in [5.41, 5.74) is 0.970. The Hall–Kier alpha value is -0.640. The molecule has 4 heteroatoms. The summed E-state index contributed by atoms with van der Waals surface area (Å²) in [5, 5.41) is 12.5. The lowest BCUT2D eigenvalue weighted by molar-refractivity contribution is 0.236. The van der Waals surface area contributed by atoms with Crippen LogP contribution in [0.1, 0.15) is 32.3 Å². The van der Waals surface area contributed by atoms with Gasteiger partial charge >= 0.3 is 0 Å². The van der Waals surface area contributed by atoms with Crippen LogP contribution in [0.4, 0.5) is 4.39 Å². The second-order valence-electron chi connectivity index (χ2n) is 5.37. The van der Waals surface area contributed by atoms with Crippen LogP contribution in [-0.4, -0.2) is 18.3 Å². The van der Waals surface area contributed by atoms with E-state index in [1.54, 1.807) is 6.07 Å². The van der Waals surface area contributed by atoms with E-state index < -0.39 is 0 Å². The molecule has 0 aliphatic carbocycles. The van der Waals surface area contributed by atoms with Crippen molar-refractivity contribution in [1.82, 2.24) is 5.32 Å². The third kappa shape index (κ3) is 5.80. The van der Waals surface area contributed by atoms with E-state index in [9.17, 15) is 4.39 Å². The van der Waals surface area contributed by atoms with Gasteiger partial charge < -0.3 is 10.4 Å². The second-order valence-corrected chi connectivity index (χ2v) is 5.81. The number of halogens is 2. The molecule has 0 heterocycles. The molecular weight excluding hydrogens is 253 g/mol. The molecule has 2 nitrogen and oxygen atoms in total. The van der Waals surface area contributed by atoms with Crippen LogP contribution in [0.15, 0.2) is 18.2 Å². The fourth-order valence-corrected chi connectivity index (χ4v) is 2.15. The summed E-state index contributed by atoms with van der Waals surface area (Å²) in [6.45, 7) is 5.94. The maximum Gasteiger partial charge on any atom is 0.125 e. The SMILES string of the molecule is CC(C)(CCCO)CNCc1cc(F)cc(Cl)c1. The van der Waals surface area contributed by atoms with Gasteiger partial charge in [-0.15, -0.1) is 0 Å². The first-order valence-electron chi connectivity index (χ1n) is 6.19. The molecule has 0 aromatic heterocycles. The van der Waals surface area contributed by atoms with Crippen molar-refractivity contribution >= 4 is 11.6 Å². The van der Waals surface area contributed by atoms with Crippen LogP contribution in [0.2, 0.25) is 5.02 Å². The first kappa shape index (κ1) is 15.4. The van der Waals surface area contributed by atoms with Gasteiger partial charge in [-0.3, -0.25) is 0 Å². The van der Waals surface area contributed by atoms with Gasteiger partial charge in [-0.1, -0.05) is 25.4 Å². The number of benzene rings is 1. The van der Waals surface area contributed by atoms with Crippen LogP contribution in [0.3, 0.4) is 0 Å². The topological polar surface area (TPSA) is 32.3 Å². The third-order valence-electron chi connectivity index (χ3n) is 2.87. The van der Waals surface area contributed by atoms with E-state index in [4.69, 9.17) is 16.7 Å². The molecule has 0 fully saturated rings. The van der Waals surface area contributed by atoms with Gasteiger partial charge in [0.25, 0.3) is 0 Å². The molecule has 0 saturated carbocycles. The average Bonchev–Trinajstić information content (AvgIpc) is 2.25. The molecule has 1 aromatic rings. The zero-order valence-corrected chi connectivity index (χ0v) is 11.7. The summed E-state index contributed by atoms with van der Waals surface area (Å²) >= 11 is 5.79. The van der Waals surface area contributed by atoms with Crippen molar-refractivity contribution in [1.29, 1.82) is 0 Å². The summed E-state index contributed by atoms with van der Waals surface area (Å²) < 4.78 is 13.1. The second kappa shape index (κ2) is 7.07. The van der Waals surface area contributed by atoms with Crippen molar-refractivity contribution in [3.63, 3.8) is 0 Å². The Balaban J connectivity index is 2.41. The third-order valence-corrected chi connectivity index (χ3v) is 3.08. The van der Waals surface area contributed by atoms with Crippen molar-refractivity contribution < 1.29 is 9.50 Å². The normalized spacial score (nSPS) is 11.8. The van der Waals surface area contributed by atoms with Gasteiger partial charge in [0.05, 0.1) is 0 Å². The molecule has 0 radical (unpaired) electrons. The van der Waals surface area contributed by atoms with Crippen LogP contribution in [0.5, 0.6) is 0 Å². The smallest absolute Gasteiger partial charge is 0.125 e. The molecule has 0 atom stereocenters. The lowest BCUT2D eigenvalue weighted by atomic mass is 9.88. The highest BCUT2D eigenvalue weighted by Gasteiger charge is 2.16. The molecule has 0 amide bonds. The maximum atomic E-state index is 13.1. The van der Waals surface area contributed by atoms with Gasteiger partial charge in [-0.05, 0) is 42.0 Å². The summed E-state index contributed by atoms with van der Waals surface area (Å²) in [6, 6.07) is 4.55. The Morgan fingerprint density at radius 3 is 2.67 bits per heavy atom. The number of hydrogen-bond donors (Lipinski definition) is 2. The van der Waals surface area contributed by atoms with Gasteiger partial charge in [-0.2, -0.15) is 0 Å². The molecular formula is C14H21ClFNO. The van der Waals surface area contributed by atoms with Gasteiger partial charge in [0.1, 0.15) is 5.82 Å². The van der Waals surface area contributed by atoms with E-state index in [1.165, 1.54) is 12.1 Å². The van der Waals surface area contributed by atoms with Crippen LogP contribution < -0.4 is 5.32 Å². The molecule has 1 aromatic carbocycles. The van der Waals surface area contributed by atoms with Gasteiger partial charge in [0.2, 0.25) is 0 Å². The minimum atomic E-state index is -0.307. The Kier molecular flexibility index (Phi) is 6.06. The first-order chi connectivity index (χ1) is 8.43. The Morgan fingerprint density at radius 2 is 2.06 bits per heavy atom. The minimum absolute atomic E-state index is 0.125. The van der Waals surface area contributed by atoms with Crippen molar-refractivity contribution in [2.45, 2.75) is 33.2 Å². The first-order valence-corrected chi connectivity index (χ1v) is 6.57. The van der Waals surface area contributed by atoms with Crippen molar-refractivity contribution in [3.8, 4) is 0 Å². The van der Waals surface area contributed by atoms with E-state index in [-0.39, 0.29) is 17.8 Å². The van der Waals surface area contributed by atoms with E-state index in [0.29, 0.717) is 11.6 Å². The molecule has 18 heavy (non-hydrogen) atoms. The van der Waals surface area contributed by atoms with Crippen molar-refractivity contribution in [2.24, 2.45) is 5.41 Å². The highest BCUT2D eigenvalue weighted by atomic mass is 35.5. The number of hydrogen-bond acceptors (Lipinski definition) is 2. The molecule has 0 unspecified atom stereocenters. The molecule has 2 N–H and O–H groups in total. The lowest BCUT2D eigenvalue weighted by Gasteiger charge is -2.24. The minimum Gasteiger partial charge on any atom is -0.396 e. The number of nitrogens with one attached hydrogen (secondary N) is 1. The van der Waals surface area contributed by atoms with Crippen molar-refractivity contribution in [3.05, 3.63) is 34.6 Å². The molecule has 0 saturated heterocycles. The molecule has 0 bridgehead atoms. The monoisotopic (exact) mass is 273 g/mol. The molecule has 0 aliphatic rings. The Labute approximate surface area is 113 Å². The van der Waals surface area contributed by atoms with Crippen LogP contribution in [0, 0.1) is 11.2 Å². The Bertz CT molecular complexity index is 362. The number of aliphatic hydroxyl groups excluding tert-OH is 1. The molecule has 102 valence electrons. The average molecular weight is 274 g/mol. The van der Waals surface area contributed by atoms with Gasteiger partial charge in [0, 0.05) is 24.7 Å². The molecule has 0 aliphatic heterocycles. The Morgan fingerprint density at radius 1 is 1.33 bits per heavy atom. The predicted octanol–water partition coefficient (Wildman–Crippen LogP) is 3.37. The van der Waals surface area contributed by atoms with Gasteiger partial charge in [-0.25, -0.2) is 4.39 Å². The van der Waals surface area contributed by atoms with E-state index in [2.05, 4.69) is 19.2 Å². The zero-order chi connectivity index (χ0) is 13.6. The van der Waals surface area contributed by atoms with E-state index in [0.717, 1.165) is 24.9 Å². The zero-order valence-electron chi connectivity index (χ0n) is 11.0. The molecule has 1 rings (SSSR count).